The molecule has 1 aliphatic heterocycles. The third kappa shape index (κ3) is 3.57. The van der Waals surface area contributed by atoms with Crippen molar-refractivity contribution in [3.8, 4) is 11.8 Å². The van der Waals surface area contributed by atoms with Gasteiger partial charge in [0, 0.05) is 25.5 Å². The largest absolute Gasteiger partial charge is 0.378 e. The van der Waals surface area contributed by atoms with Gasteiger partial charge < -0.3 is 9.64 Å². The maximum absolute atomic E-state index is 9.78. The van der Waals surface area contributed by atoms with Gasteiger partial charge >= 0.3 is 0 Å². The van der Waals surface area contributed by atoms with Crippen LogP contribution in [0.5, 0.6) is 0 Å². The van der Waals surface area contributed by atoms with Crippen molar-refractivity contribution in [1.29, 1.82) is 5.26 Å². The number of hydrogen-bond donors (Lipinski definition) is 0. The van der Waals surface area contributed by atoms with Crippen LogP contribution in [0, 0.1) is 11.3 Å². The number of nitriles is 1. The summed E-state index contributed by atoms with van der Waals surface area (Å²) in [5.41, 5.74) is 2.24. The van der Waals surface area contributed by atoms with Gasteiger partial charge in [-0.05, 0) is 35.9 Å². The molecule has 1 fully saturated rings. The van der Waals surface area contributed by atoms with Crippen molar-refractivity contribution < 1.29 is 4.74 Å². The van der Waals surface area contributed by atoms with E-state index in [0.29, 0.717) is 24.6 Å². The number of ether oxygens (including phenoxy) is 1. The van der Waals surface area contributed by atoms with E-state index in [0.717, 1.165) is 30.3 Å². The van der Waals surface area contributed by atoms with Crippen LogP contribution in [-0.2, 0) is 4.74 Å². The summed E-state index contributed by atoms with van der Waals surface area (Å²) in [5.74, 6) is 1.23. The summed E-state index contributed by atoms with van der Waals surface area (Å²) >= 11 is 0. The smallest absolute Gasteiger partial charge is 0.232 e. The highest BCUT2D eigenvalue weighted by atomic mass is 16.5. The normalized spacial score (nSPS) is 14.8. The first-order valence-electron chi connectivity index (χ1n) is 8.72. The van der Waals surface area contributed by atoms with Crippen LogP contribution >= 0.6 is 0 Å². The van der Waals surface area contributed by atoms with Gasteiger partial charge in [0.25, 0.3) is 0 Å². The fourth-order valence-corrected chi connectivity index (χ4v) is 3.01. The molecule has 27 heavy (non-hydrogen) atoms. The summed E-state index contributed by atoms with van der Waals surface area (Å²) in [6.07, 6.45) is 5.19. The van der Waals surface area contributed by atoms with Gasteiger partial charge in [-0.1, -0.05) is 18.2 Å². The van der Waals surface area contributed by atoms with E-state index in [-0.39, 0.29) is 0 Å². The predicted octanol–water partition coefficient (Wildman–Crippen LogP) is 2.56. The molecule has 2 aromatic heterocycles. The van der Waals surface area contributed by atoms with E-state index < -0.39 is 0 Å². The fraction of sp³-hybridized carbons (Fsp3) is 0.200. The Balaban J connectivity index is 1.84. The number of aromatic nitrogens is 4. The molecule has 0 spiro atoms. The second-order valence-corrected chi connectivity index (χ2v) is 6.04. The van der Waals surface area contributed by atoms with E-state index >= 15 is 0 Å². The van der Waals surface area contributed by atoms with Crippen LogP contribution in [0.25, 0.3) is 17.3 Å². The molecule has 3 aromatic rings. The summed E-state index contributed by atoms with van der Waals surface area (Å²) in [6, 6.07) is 15.8. The molecule has 0 bridgehead atoms. The minimum absolute atomic E-state index is 0.442. The number of allylic oxidation sites excluding steroid dienone is 1. The summed E-state index contributed by atoms with van der Waals surface area (Å²) in [4.78, 5) is 6.15. The van der Waals surface area contributed by atoms with E-state index in [1.807, 2.05) is 47.0 Å². The molecule has 7 heteroatoms. The number of anilines is 1. The highest BCUT2D eigenvalue weighted by Gasteiger charge is 2.23. The molecule has 3 heterocycles. The SMILES string of the molecule is N#CC(=Cc1ccncc1)c1nnc(N2CCOCC2)n1-c1ccccc1. The lowest BCUT2D eigenvalue weighted by Gasteiger charge is -2.28. The number of pyridine rings is 1. The zero-order valence-corrected chi connectivity index (χ0v) is 14.7. The van der Waals surface area contributed by atoms with Crippen molar-refractivity contribution in [2.75, 3.05) is 31.2 Å². The molecule has 4 rings (SSSR count). The number of benzene rings is 1. The molecule has 0 atom stereocenters. The molecule has 1 aromatic carbocycles. The minimum atomic E-state index is 0.442. The Bertz CT molecular complexity index is 969. The number of morpholine rings is 1. The third-order valence-electron chi connectivity index (χ3n) is 4.33. The van der Waals surface area contributed by atoms with Crippen molar-refractivity contribution in [3.63, 3.8) is 0 Å². The topological polar surface area (TPSA) is 79.9 Å². The molecule has 1 aliphatic rings. The van der Waals surface area contributed by atoms with Crippen molar-refractivity contribution >= 4 is 17.6 Å². The van der Waals surface area contributed by atoms with Gasteiger partial charge in [0.15, 0.2) is 5.82 Å². The molecule has 0 N–H and O–H groups in total. The third-order valence-corrected chi connectivity index (χ3v) is 4.33. The van der Waals surface area contributed by atoms with Crippen LogP contribution in [0.1, 0.15) is 11.4 Å². The number of hydrogen-bond acceptors (Lipinski definition) is 6. The Morgan fingerprint density at radius 2 is 1.78 bits per heavy atom. The highest BCUT2D eigenvalue weighted by Crippen LogP contribution is 2.26. The molecular weight excluding hydrogens is 340 g/mol. The average Bonchev–Trinajstić information content (AvgIpc) is 3.19. The lowest BCUT2D eigenvalue weighted by Crippen LogP contribution is -2.38. The van der Waals surface area contributed by atoms with Gasteiger partial charge in [-0.25, -0.2) is 0 Å². The maximum atomic E-state index is 9.78. The first-order chi connectivity index (χ1) is 13.4. The Morgan fingerprint density at radius 3 is 2.48 bits per heavy atom. The lowest BCUT2D eigenvalue weighted by atomic mass is 10.1. The van der Waals surface area contributed by atoms with Gasteiger partial charge in [-0.15, -0.1) is 10.2 Å². The molecular formula is C20H18N6O. The Morgan fingerprint density at radius 1 is 1.04 bits per heavy atom. The first-order valence-corrected chi connectivity index (χ1v) is 8.72. The van der Waals surface area contributed by atoms with Crippen molar-refractivity contribution in [2.45, 2.75) is 0 Å². The molecule has 0 aliphatic carbocycles. The fourth-order valence-electron chi connectivity index (χ4n) is 3.01. The van der Waals surface area contributed by atoms with Gasteiger partial charge in [0.05, 0.1) is 24.5 Å². The zero-order valence-electron chi connectivity index (χ0n) is 14.7. The van der Waals surface area contributed by atoms with Gasteiger partial charge in [-0.2, -0.15) is 5.26 Å². The molecule has 0 unspecified atom stereocenters. The van der Waals surface area contributed by atoms with E-state index in [9.17, 15) is 5.26 Å². The highest BCUT2D eigenvalue weighted by molar-refractivity contribution is 5.88. The van der Waals surface area contributed by atoms with Crippen molar-refractivity contribution in [1.82, 2.24) is 19.7 Å². The molecule has 0 radical (unpaired) electrons. The predicted molar refractivity (Wildman–Crippen MR) is 102 cm³/mol. The molecule has 0 saturated carbocycles. The quantitative estimate of drug-likeness (QED) is 0.667. The molecule has 134 valence electrons. The van der Waals surface area contributed by atoms with Crippen LogP contribution in [0.15, 0.2) is 54.9 Å². The molecule has 0 amide bonds. The van der Waals surface area contributed by atoms with Gasteiger partial charge in [0.1, 0.15) is 6.07 Å². The van der Waals surface area contributed by atoms with Gasteiger partial charge in [-0.3, -0.25) is 9.55 Å². The molecule has 7 nitrogen and oxygen atoms in total. The van der Waals surface area contributed by atoms with E-state index in [2.05, 4.69) is 26.2 Å². The van der Waals surface area contributed by atoms with Crippen LogP contribution in [0.3, 0.4) is 0 Å². The first kappa shape index (κ1) is 16.9. The van der Waals surface area contributed by atoms with Crippen LogP contribution < -0.4 is 4.90 Å². The number of para-hydroxylation sites is 1. The van der Waals surface area contributed by atoms with Crippen LogP contribution in [0.4, 0.5) is 5.95 Å². The van der Waals surface area contributed by atoms with E-state index in [1.54, 1.807) is 18.5 Å². The van der Waals surface area contributed by atoms with Gasteiger partial charge in [0.2, 0.25) is 5.95 Å². The van der Waals surface area contributed by atoms with E-state index in [4.69, 9.17) is 4.74 Å². The van der Waals surface area contributed by atoms with Crippen LogP contribution in [0.2, 0.25) is 0 Å². The van der Waals surface area contributed by atoms with E-state index in [1.165, 1.54) is 0 Å². The maximum Gasteiger partial charge on any atom is 0.232 e. The summed E-state index contributed by atoms with van der Waals surface area (Å²) in [6.45, 7) is 2.77. The summed E-state index contributed by atoms with van der Waals surface area (Å²) < 4.78 is 7.38. The standard InChI is InChI=1S/C20H18N6O/c21-15-17(14-16-6-8-22-9-7-16)19-23-24-20(25-10-12-27-13-11-25)26(19)18-4-2-1-3-5-18/h1-9,14H,10-13H2. The second-order valence-electron chi connectivity index (χ2n) is 6.04. The Hall–Kier alpha value is -3.50. The minimum Gasteiger partial charge on any atom is -0.378 e. The van der Waals surface area contributed by atoms with Crippen LogP contribution in [-0.4, -0.2) is 46.1 Å². The molecule has 1 saturated heterocycles. The average molecular weight is 358 g/mol. The second kappa shape index (κ2) is 7.81. The lowest BCUT2D eigenvalue weighted by molar-refractivity contribution is 0.122. The van der Waals surface area contributed by atoms with Crippen molar-refractivity contribution in [3.05, 3.63) is 66.2 Å². The summed E-state index contributed by atoms with van der Waals surface area (Å²) in [5, 5.41) is 18.5. The zero-order chi connectivity index (χ0) is 18.5. The van der Waals surface area contributed by atoms with Crippen molar-refractivity contribution in [2.24, 2.45) is 0 Å². The monoisotopic (exact) mass is 358 g/mol. The Kier molecular flexibility index (Phi) is 4.90. The number of rotatable bonds is 4. The number of nitrogens with zero attached hydrogens (tertiary/aromatic N) is 6. The summed E-state index contributed by atoms with van der Waals surface area (Å²) in [7, 11) is 0. The Labute approximate surface area is 157 Å².